The Morgan fingerprint density at radius 1 is 1.43 bits per heavy atom. The molecule has 3 heteroatoms. The number of fused-ring (bicyclic) bond motifs is 1. The van der Waals surface area contributed by atoms with E-state index in [2.05, 4.69) is 22.9 Å². The Labute approximate surface area is 94.2 Å². The van der Waals surface area contributed by atoms with Crippen LogP contribution in [0.15, 0.2) is 0 Å². The molecule has 80 valence electrons. The molecule has 1 amide bonds. The zero-order valence-electron chi connectivity index (χ0n) is 8.71. The Kier molecular flexibility index (Phi) is 3.15. The van der Waals surface area contributed by atoms with Gasteiger partial charge in [0.25, 0.3) is 0 Å². The number of hydrogen-bond donors (Lipinski definition) is 0. The molecule has 0 aromatic carbocycles. The SMILES string of the molecule is CCN(CCBr)C(=O)C1C2CCCC21. The summed E-state index contributed by atoms with van der Waals surface area (Å²) in [4.78, 5) is 14.0. The van der Waals surface area contributed by atoms with Crippen LogP contribution in [0.2, 0.25) is 0 Å². The van der Waals surface area contributed by atoms with Crippen LogP contribution in [0.4, 0.5) is 0 Å². The molecule has 0 N–H and O–H groups in total. The predicted molar refractivity (Wildman–Crippen MR) is 60.4 cm³/mol. The summed E-state index contributed by atoms with van der Waals surface area (Å²) in [6, 6.07) is 0. The van der Waals surface area contributed by atoms with Gasteiger partial charge in [0.2, 0.25) is 5.91 Å². The van der Waals surface area contributed by atoms with Crippen molar-refractivity contribution in [3.8, 4) is 0 Å². The molecule has 0 aliphatic heterocycles. The largest absolute Gasteiger partial charge is 0.342 e. The van der Waals surface area contributed by atoms with Crippen molar-refractivity contribution in [3.05, 3.63) is 0 Å². The summed E-state index contributed by atoms with van der Waals surface area (Å²) in [6.07, 6.45) is 3.95. The van der Waals surface area contributed by atoms with Crippen molar-refractivity contribution >= 4 is 21.8 Å². The first kappa shape index (κ1) is 10.5. The van der Waals surface area contributed by atoms with Crippen molar-refractivity contribution in [2.24, 2.45) is 17.8 Å². The summed E-state index contributed by atoms with van der Waals surface area (Å²) < 4.78 is 0. The van der Waals surface area contributed by atoms with Crippen molar-refractivity contribution in [3.63, 3.8) is 0 Å². The maximum atomic E-state index is 12.0. The highest BCUT2D eigenvalue weighted by Crippen LogP contribution is 2.58. The van der Waals surface area contributed by atoms with E-state index in [1.54, 1.807) is 0 Å². The highest BCUT2D eigenvalue weighted by molar-refractivity contribution is 9.09. The second-order valence-electron chi connectivity index (χ2n) is 4.39. The Morgan fingerprint density at radius 2 is 2.07 bits per heavy atom. The van der Waals surface area contributed by atoms with Crippen molar-refractivity contribution in [1.82, 2.24) is 4.90 Å². The molecule has 0 bridgehead atoms. The van der Waals surface area contributed by atoms with E-state index < -0.39 is 0 Å². The highest BCUT2D eigenvalue weighted by atomic mass is 79.9. The van der Waals surface area contributed by atoms with Crippen LogP contribution in [0.25, 0.3) is 0 Å². The number of hydrogen-bond acceptors (Lipinski definition) is 1. The van der Waals surface area contributed by atoms with Crippen LogP contribution in [-0.4, -0.2) is 29.2 Å². The van der Waals surface area contributed by atoms with Gasteiger partial charge < -0.3 is 4.90 Å². The van der Waals surface area contributed by atoms with Crippen LogP contribution < -0.4 is 0 Å². The lowest BCUT2D eigenvalue weighted by atomic mass is 10.1. The van der Waals surface area contributed by atoms with Gasteiger partial charge in [0, 0.05) is 24.3 Å². The molecule has 0 aromatic heterocycles. The average molecular weight is 260 g/mol. The van der Waals surface area contributed by atoms with E-state index in [-0.39, 0.29) is 0 Å². The topological polar surface area (TPSA) is 20.3 Å². The molecular weight excluding hydrogens is 242 g/mol. The zero-order valence-corrected chi connectivity index (χ0v) is 10.3. The normalized spacial score (nSPS) is 34.0. The Hall–Kier alpha value is -0.0500. The number of amides is 1. The average Bonchev–Trinajstić information content (AvgIpc) is 2.67. The third-order valence-electron chi connectivity index (χ3n) is 3.74. The molecule has 2 atom stereocenters. The van der Waals surface area contributed by atoms with Crippen LogP contribution in [0, 0.1) is 17.8 Å². The summed E-state index contributed by atoms with van der Waals surface area (Å²) in [6.45, 7) is 3.80. The fraction of sp³-hybridized carbons (Fsp3) is 0.909. The van der Waals surface area contributed by atoms with Crippen molar-refractivity contribution in [1.29, 1.82) is 0 Å². The fourth-order valence-corrected chi connectivity index (χ4v) is 3.35. The number of carbonyl (C=O) groups is 1. The van der Waals surface area contributed by atoms with Gasteiger partial charge in [0.05, 0.1) is 0 Å². The number of alkyl halides is 1. The summed E-state index contributed by atoms with van der Waals surface area (Å²) >= 11 is 3.40. The molecule has 2 fully saturated rings. The van der Waals surface area contributed by atoms with Gasteiger partial charge in [-0.3, -0.25) is 4.79 Å². The molecule has 2 nitrogen and oxygen atoms in total. The van der Waals surface area contributed by atoms with Gasteiger partial charge in [0.1, 0.15) is 0 Å². The van der Waals surface area contributed by atoms with Crippen LogP contribution >= 0.6 is 15.9 Å². The van der Waals surface area contributed by atoms with Gasteiger partial charge in [-0.1, -0.05) is 22.4 Å². The summed E-state index contributed by atoms with van der Waals surface area (Å²) in [7, 11) is 0. The first-order chi connectivity index (χ1) is 6.79. The third kappa shape index (κ3) is 1.71. The maximum Gasteiger partial charge on any atom is 0.226 e. The second-order valence-corrected chi connectivity index (χ2v) is 5.18. The minimum Gasteiger partial charge on any atom is -0.342 e. The minimum atomic E-state index is 0.405. The van der Waals surface area contributed by atoms with E-state index in [1.165, 1.54) is 19.3 Å². The fourth-order valence-electron chi connectivity index (χ4n) is 2.92. The standard InChI is InChI=1S/C11H18BrNO/c1-2-13(7-6-12)11(14)10-8-4-3-5-9(8)10/h8-10H,2-7H2,1H3. The predicted octanol–water partition coefficient (Wildman–Crippen LogP) is 2.28. The van der Waals surface area contributed by atoms with Gasteiger partial charge in [-0.15, -0.1) is 0 Å². The molecule has 0 radical (unpaired) electrons. The van der Waals surface area contributed by atoms with Crippen molar-refractivity contribution in [2.75, 3.05) is 18.4 Å². The van der Waals surface area contributed by atoms with Crippen LogP contribution in [0.3, 0.4) is 0 Å². The Bertz CT molecular complexity index is 217. The number of nitrogens with zero attached hydrogens (tertiary/aromatic N) is 1. The first-order valence-electron chi connectivity index (χ1n) is 5.64. The maximum absolute atomic E-state index is 12.0. The Balaban J connectivity index is 1.88. The molecule has 2 saturated carbocycles. The molecule has 0 spiro atoms. The van der Waals surface area contributed by atoms with Gasteiger partial charge >= 0.3 is 0 Å². The van der Waals surface area contributed by atoms with Crippen LogP contribution in [0.5, 0.6) is 0 Å². The Morgan fingerprint density at radius 3 is 2.57 bits per heavy atom. The van der Waals surface area contributed by atoms with Gasteiger partial charge in [-0.25, -0.2) is 0 Å². The molecule has 2 unspecified atom stereocenters. The third-order valence-corrected chi connectivity index (χ3v) is 4.09. The summed E-state index contributed by atoms with van der Waals surface area (Å²) in [5.41, 5.74) is 0. The van der Waals surface area contributed by atoms with Crippen molar-refractivity contribution < 1.29 is 4.79 Å². The molecule has 2 rings (SSSR count). The number of halogens is 1. The van der Waals surface area contributed by atoms with Gasteiger partial charge in [0.15, 0.2) is 0 Å². The lowest BCUT2D eigenvalue weighted by molar-refractivity contribution is -0.132. The van der Waals surface area contributed by atoms with E-state index in [4.69, 9.17) is 0 Å². The van der Waals surface area contributed by atoms with E-state index in [9.17, 15) is 4.79 Å². The lowest BCUT2D eigenvalue weighted by Gasteiger charge is -2.20. The molecule has 2 aliphatic rings. The van der Waals surface area contributed by atoms with Crippen LogP contribution in [-0.2, 0) is 4.79 Å². The molecular formula is C11H18BrNO. The monoisotopic (exact) mass is 259 g/mol. The molecule has 0 heterocycles. The quantitative estimate of drug-likeness (QED) is 0.710. The highest BCUT2D eigenvalue weighted by Gasteiger charge is 2.57. The van der Waals surface area contributed by atoms with Gasteiger partial charge in [-0.2, -0.15) is 0 Å². The smallest absolute Gasteiger partial charge is 0.226 e. The lowest BCUT2D eigenvalue weighted by Crippen LogP contribution is -2.34. The molecule has 14 heavy (non-hydrogen) atoms. The number of rotatable bonds is 4. The summed E-state index contributed by atoms with van der Waals surface area (Å²) in [5, 5.41) is 0.897. The van der Waals surface area contributed by atoms with Gasteiger partial charge in [-0.05, 0) is 31.6 Å². The second kappa shape index (κ2) is 4.21. The first-order valence-corrected chi connectivity index (χ1v) is 6.76. The zero-order chi connectivity index (χ0) is 10.1. The van der Waals surface area contributed by atoms with E-state index in [0.29, 0.717) is 11.8 Å². The van der Waals surface area contributed by atoms with E-state index in [0.717, 1.165) is 30.3 Å². The van der Waals surface area contributed by atoms with Crippen molar-refractivity contribution in [2.45, 2.75) is 26.2 Å². The van der Waals surface area contributed by atoms with Crippen LogP contribution in [0.1, 0.15) is 26.2 Å². The molecule has 2 aliphatic carbocycles. The van der Waals surface area contributed by atoms with E-state index >= 15 is 0 Å². The summed E-state index contributed by atoms with van der Waals surface area (Å²) in [5.74, 6) is 2.34. The number of carbonyl (C=O) groups excluding carboxylic acids is 1. The van der Waals surface area contributed by atoms with E-state index in [1.807, 2.05) is 4.90 Å². The molecule has 0 saturated heterocycles. The molecule has 0 aromatic rings. The minimum absolute atomic E-state index is 0.405.